The zero-order valence-electron chi connectivity index (χ0n) is 9.00. The summed E-state index contributed by atoms with van der Waals surface area (Å²) < 4.78 is 24.4. The van der Waals surface area contributed by atoms with Gasteiger partial charge in [0.15, 0.2) is 9.84 Å². The van der Waals surface area contributed by atoms with Crippen LogP contribution in [0, 0.1) is 0 Å². The quantitative estimate of drug-likeness (QED) is 0.689. The molecule has 2 heterocycles. The summed E-state index contributed by atoms with van der Waals surface area (Å²) >= 11 is 0. The van der Waals surface area contributed by atoms with Crippen molar-refractivity contribution in [2.24, 2.45) is 7.05 Å². The van der Waals surface area contributed by atoms with Crippen LogP contribution in [-0.4, -0.2) is 46.7 Å². The van der Waals surface area contributed by atoms with Crippen LogP contribution in [0.4, 0.5) is 0 Å². The van der Waals surface area contributed by atoms with Crippen molar-refractivity contribution in [3.05, 3.63) is 18.2 Å². The minimum atomic E-state index is -3.09. The van der Waals surface area contributed by atoms with E-state index in [1.54, 1.807) is 6.20 Å². The van der Waals surface area contributed by atoms with Gasteiger partial charge in [0.1, 0.15) is 5.82 Å². The highest BCUT2D eigenvalue weighted by Crippen LogP contribution is 2.12. The van der Waals surface area contributed by atoms with Gasteiger partial charge in [-0.15, -0.1) is 0 Å². The Kier molecular flexibility index (Phi) is 3.00. The molecule has 0 saturated carbocycles. The van der Waals surface area contributed by atoms with Crippen molar-refractivity contribution in [2.45, 2.75) is 18.7 Å². The van der Waals surface area contributed by atoms with Crippen LogP contribution in [0.25, 0.3) is 0 Å². The van der Waals surface area contributed by atoms with Gasteiger partial charge in [0.05, 0.1) is 24.2 Å². The molecule has 2 unspecified atom stereocenters. The van der Waals surface area contributed by atoms with Gasteiger partial charge < -0.3 is 15.0 Å². The molecule has 2 rings (SSSR count). The Morgan fingerprint density at radius 1 is 1.62 bits per heavy atom. The van der Waals surface area contributed by atoms with E-state index >= 15 is 0 Å². The fourth-order valence-electron chi connectivity index (χ4n) is 1.81. The summed E-state index contributed by atoms with van der Waals surface area (Å²) in [5.41, 5.74) is 0. The number of hydrogen-bond acceptors (Lipinski definition) is 5. The second-order valence-corrected chi connectivity index (χ2v) is 6.24. The molecule has 0 radical (unpaired) electrons. The Labute approximate surface area is 94.2 Å². The Balaban J connectivity index is 1.95. The van der Waals surface area contributed by atoms with Crippen LogP contribution in [-0.2, 0) is 23.4 Å². The van der Waals surface area contributed by atoms with Gasteiger partial charge in [-0.1, -0.05) is 0 Å². The monoisotopic (exact) mass is 245 g/mol. The lowest BCUT2D eigenvalue weighted by molar-refractivity contribution is 0.165. The van der Waals surface area contributed by atoms with E-state index in [0.717, 1.165) is 5.82 Å². The molecule has 0 aliphatic carbocycles. The first-order valence-electron chi connectivity index (χ1n) is 5.06. The van der Waals surface area contributed by atoms with Crippen LogP contribution in [0.1, 0.15) is 5.82 Å². The largest absolute Gasteiger partial charge is 0.390 e. The SMILES string of the molecule is Cn1ccnc1CNC1CS(=O)(=O)CC1O. The lowest BCUT2D eigenvalue weighted by Gasteiger charge is -2.14. The lowest BCUT2D eigenvalue weighted by Crippen LogP contribution is -2.38. The van der Waals surface area contributed by atoms with Crippen molar-refractivity contribution in [3.8, 4) is 0 Å². The molecule has 1 aliphatic heterocycles. The smallest absolute Gasteiger partial charge is 0.154 e. The highest BCUT2D eigenvalue weighted by Gasteiger charge is 2.36. The van der Waals surface area contributed by atoms with Crippen molar-refractivity contribution in [1.82, 2.24) is 14.9 Å². The van der Waals surface area contributed by atoms with E-state index < -0.39 is 15.9 Å². The van der Waals surface area contributed by atoms with Crippen molar-refractivity contribution < 1.29 is 13.5 Å². The predicted octanol–water partition coefficient (Wildman–Crippen LogP) is -1.33. The summed E-state index contributed by atoms with van der Waals surface area (Å²) in [6.45, 7) is 0.459. The number of nitrogens with one attached hydrogen (secondary N) is 1. The van der Waals surface area contributed by atoms with E-state index in [-0.39, 0.29) is 17.5 Å². The number of aliphatic hydroxyl groups is 1. The van der Waals surface area contributed by atoms with E-state index in [4.69, 9.17) is 0 Å². The second-order valence-electron chi connectivity index (χ2n) is 4.09. The number of hydrogen-bond donors (Lipinski definition) is 2. The molecule has 1 aromatic heterocycles. The van der Waals surface area contributed by atoms with Crippen LogP contribution in [0.2, 0.25) is 0 Å². The predicted molar refractivity (Wildman–Crippen MR) is 58.5 cm³/mol. The molecular formula is C9H15N3O3S. The van der Waals surface area contributed by atoms with Crippen molar-refractivity contribution in [1.29, 1.82) is 0 Å². The first kappa shape index (κ1) is 11.6. The zero-order valence-corrected chi connectivity index (χ0v) is 9.81. The zero-order chi connectivity index (χ0) is 11.8. The molecule has 2 atom stereocenters. The molecule has 0 bridgehead atoms. The third-order valence-electron chi connectivity index (χ3n) is 2.77. The summed E-state index contributed by atoms with van der Waals surface area (Å²) in [6, 6.07) is -0.387. The van der Waals surface area contributed by atoms with E-state index in [2.05, 4.69) is 10.3 Å². The number of imidazole rings is 1. The maximum atomic E-state index is 11.3. The third-order valence-corrected chi connectivity index (χ3v) is 4.48. The van der Waals surface area contributed by atoms with Gasteiger partial charge in [-0.05, 0) is 0 Å². The average Bonchev–Trinajstić information content (AvgIpc) is 2.67. The lowest BCUT2D eigenvalue weighted by atomic mass is 10.2. The second kappa shape index (κ2) is 4.15. The van der Waals surface area contributed by atoms with Crippen molar-refractivity contribution >= 4 is 9.84 Å². The number of sulfone groups is 1. The Hall–Kier alpha value is -0.920. The van der Waals surface area contributed by atoms with Gasteiger partial charge in [-0.3, -0.25) is 0 Å². The molecule has 6 nitrogen and oxygen atoms in total. The topological polar surface area (TPSA) is 84.2 Å². The maximum Gasteiger partial charge on any atom is 0.154 e. The Morgan fingerprint density at radius 3 is 2.88 bits per heavy atom. The third kappa shape index (κ3) is 2.42. The molecule has 2 N–H and O–H groups in total. The summed E-state index contributed by atoms with van der Waals surface area (Å²) in [5.74, 6) is 0.667. The number of aliphatic hydroxyl groups excluding tert-OH is 1. The Morgan fingerprint density at radius 2 is 2.38 bits per heavy atom. The van der Waals surface area contributed by atoms with Gasteiger partial charge >= 0.3 is 0 Å². The number of aromatic nitrogens is 2. The molecule has 90 valence electrons. The molecule has 0 amide bonds. The van der Waals surface area contributed by atoms with Crippen LogP contribution in [0.15, 0.2) is 12.4 Å². The maximum absolute atomic E-state index is 11.3. The molecule has 1 aliphatic rings. The van der Waals surface area contributed by atoms with Crippen LogP contribution < -0.4 is 5.32 Å². The number of rotatable bonds is 3. The number of nitrogens with zero attached hydrogens (tertiary/aromatic N) is 2. The van der Waals surface area contributed by atoms with Gasteiger partial charge in [-0.25, -0.2) is 13.4 Å². The molecule has 7 heteroatoms. The molecule has 1 saturated heterocycles. The normalized spacial score (nSPS) is 28.4. The first-order chi connectivity index (χ1) is 7.48. The van der Waals surface area contributed by atoms with E-state index in [0.29, 0.717) is 6.54 Å². The van der Waals surface area contributed by atoms with Crippen LogP contribution in [0.5, 0.6) is 0 Å². The van der Waals surface area contributed by atoms with Crippen molar-refractivity contribution in [2.75, 3.05) is 11.5 Å². The van der Waals surface area contributed by atoms with E-state index in [1.807, 2.05) is 17.8 Å². The summed E-state index contributed by atoms with van der Waals surface area (Å²) in [5, 5.41) is 12.6. The summed E-state index contributed by atoms with van der Waals surface area (Å²) in [6.07, 6.45) is 2.68. The Bertz CT molecular complexity index is 468. The fourth-order valence-corrected chi connectivity index (χ4v) is 3.59. The number of aryl methyl sites for hydroxylation is 1. The highest BCUT2D eigenvalue weighted by atomic mass is 32.2. The standard InChI is InChI=1S/C9H15N3O3S/c1-12-3-2-10-9(12)4-11-7-5-16(14,15)6-8(7)13/h2-3,7-8,11,13H,4-6H2,1H3. The minimum absolute atomic E-state index is 0.00140. The van der Waals surface area contributed by atoms with Gasteiger partial charge in [0.2, 0.25) is 0 Å². The average molecular weight is 245 g/mol. The summed E-state index contributed by atoms with van der Waals surface area (Å²) in [7, 11) is -1.22. The summed E-state index contributed by atoms with van der Waals surface area (Å²) in [4.78, 5) is 4.11. The molecule has 16 heavy (non-hydrogen) atoms. The molecule has 1 aromatic rings. The fraction of sp³-hybridized carbons (Fsp3) is 0.667. The molecule has 0 aromatic carbocycles. The van der Waals surface area contributed by atoms with E-state index in [9.17, 15) is 13.5 Å². The van der Waals surface area contributed by atoms with Crippen molar-refractivity contribution in [3.63, 3.8) is 0 Å². The van der Waals surface area contributed by atoms with Crippen LogP contribution in [0.3, 0.4) is 0 Å². The van der Waals surface area contributed by atoms with Gasteiger partial charge in [0, 0.05) is 25.5 Å². The van der Waals surface area contributed by atoms with Crippen LogP contribution >= 0.6 is 0 Å². The minimum Gasteiger partial charge on any atom is -0.390 e. The van der Waals surface area contributed by atoms with Gasteiger partial charge in [0.25, 0.3) is 0 Å². The molecule has 1 fully saturated rings. The molecule has 0 spiro atoms. The molecular weight excluding hydrogens is 230 g/mol. The van der Waals surface area contributed by atoms with E-state index in [1.165, 1.54) is 0 Å². The van der Waals surface area contributed by atoms with Gasteiger partial charge in [-0.2, -0.15) is 0 Å². The highest BCUT2D eigenvalue weighted by molar-refractivity contribution is 7.91. The first-order valence-corrected chi connectivity index (χ1v) is 6.88.